The van der Waals surface area contributed by atoms with Gasteiger partial charge in [-0.05, 0) is 44.0 Å². The van der Waals surface area contributed by atoms with E-state index in [1.54, 1.807) is 30.3 Å². The monoisotopic (exact) mass is 344 g/mol. The van der Waals surface area contributed by atoms with Crippen LogP contribution in [0.1, 0.15) is 42.0 Å². The first kappa shape index (κ1) is 16.7. The van der Waals surface area contributed by atoms with Crippen molar-refractivity contribution in [3.8, 4) is 0 Å². The summed E-state index contributed by atoms with van der Waals surface area (Å²) >= 11 is 5.87. The van der Waals surface area contributed by atoms with E-state index in [1.165, 1.54) is 12.8 Å². The Balaban J connectivity index is 1.79. The van der Waals surface area contributed by atoms with Gasteiger partial charge >= 0.3 is 0 Å². The Morgan fingerprint density at radius 2 is 1.75 bits per heavy atom. The minimum atomic E-state index is -0.237. The third-order valence-electron chi connectivity index (χ3n) is 4.09. The van der Waals surface area contributed by atoms with E-state index < -0.39 is 0 Å². The molecule has 1 amide bonds. The van der Waals surface area contributed by atoms with Crippen LogP contribution in [0.2, 0.25) is 5.02 Å². The minimum Gasteiger partial charge on any atom is -0.356 e. The van der Waals surface area contributed by atoms with Crippen LogP contribution in [0.3, 0.4) is 0 Å². The molecule has 0 radical (unpaired) electrons. The van der Waals surface area contributed by atoms with E-state index in [4.69, 9.17) is 11.6 Å². The number of amides is 1. The van der Waals surface area contributed by atoms with Gasteiger partial charge in [0, 0.05) is 29.9 Å². The molecule has 0 aliphatic carbocycles. The third-order valence-corrected chi connectivity index (χ3v) is 4.34. The maximum absolute atomic E-state index is 12.5. The average molecular weight is 345 g/mol. The van der Waals surface area contributed by atoms with Crippen LogP contribution < -0.4 is 10.2 Å². The molecule has 126 valence electrons. The highest BCUT2D eigenvalue weighted by Crippen LogP contribution is 2.19. The second-order valence-corrected chi connectivity index (χ2v) is 6.46. The molecule has 1 N–H and O–H groups in total. The quantitative estimate of drug-likeness (QED) is 0.911. The van der Waals surface area contributed by atoms with Crippen molar-refractivity contribution in [3.05, 3.63) is 46.9 Å². The summed E-state index contributed by atoms with van der Waals surface area (Å²) in [6.07, 6.45) is 4.83. The number of hydrogen-bond donors (Lipinski definition) is 1. The van der Waals surface area contributed by atoms with E-state index in [2.05, 4.69) is 20.2 Å². The number of rotatable bonds is 3. The highest BCUT2D eigenvalue weighted by Gasteiger charge is 2.16. The Morgan fingerprint density at radius 3 is 2.42 bits per heavy atom. The predicted octanol–water partition coefficient (Wildman–Crippen LogP) is 4.07. The molecule has 1 saturated heterocycles. The molecule has 1 fully saturated rings. The van der Waals surface area contributed by atoms with Gasteiger partial charge in [-0.2, -0.15) is 0 Å². The van der Waals surface area contributed by atoms with Gasteiger partial charge < -0.3 is 10.2 Å². The lowest BCUT2D eigenvalue weighted by atomic mass is 10.2. The molecule has 24 heavy (non-hydrogen) atoms. The van der Waals surface area contributed by atoms with Crippen molar-refractivity contribution in [1.29, 1.82) is 0 Å². The van der Waals surface area contributed by atoms with Crippen molar-refractivity contribution in [2.75, 3.05) is 23.3 Å². The van der Waals surface area contributed by atoms with Gasteiger partial charge in [0.25, 0.3) is 5.91 Å². The molecule has 1 aromatic heterocycles. The zero-order valence-electron chi connectivity index (χ0n) is 13.8. The molecular weight excluding hydrogens is 324 g/mol. The zero-order chi connectivity index (χ0) is 16.9. The molecule has 0 saturated carbocycles. The molecule has 1 aliphatic heterocycles. The summed E-state index contributed by atoms with van der Waals surface area (Å²) in [7, 11) is 0. The van der Waals surface area contributed by atoms with Gasteiger partial charge in [-0.25, -0.2) is 9.97 Å². The predicted molar refractivity (Wildman–Crippen MR) is 96.9 cm³/mol. The SMILES string of the molecule is Cc1nc(C(=O)Nc2ccc(Cl)cc2)cc(N2CCCCCC2)n1. The number of carbonyl (C=O) groups is 1. The van der Waals surface area contributed by atoms with Gasteiger partial charge in [-0.15, -0.1) is 0 Å². The van der Waals surface area contributed by atoms with Crippen LogP contribution in [-0.2, 0) is 0 Å². The number of benzene rings is 1. The maximum atomic E-state index is 12.5. The lowest BCUT2D eigenvalue weighted by molar-refractivity contribution is 0.102. The Bertz CT molecular complexity index is 709. The van der Waals surface area contributed by atoms with Gasteiger partial charge in [-0.3, -0.25) is 4.79 Å². The Hall–Kier alpha value is -2.14. The van der Waals surface area contributed by atoms with Crippen LogP contribution in [0.25, 0.3) is 0 Å². The fourth-order valence-corrected chi connectivity index (χ4v) is 2.98. The highest BCUT2D eigenvalue weighted by atomic mass is 35.5. The molecule has 6 heteroatoms. The summed E-state index contributed by atoms with van der Waals surface area (Å²) < 4.78 is 0. The molecule has 0 spiro atoms. The van der Waals surface area contributed by atoms with Crippen molar-refractivity contribution in [3.63, 3.8) is 0 Å². The van der Waals surface area contributed by atoms with Crippen LogP contribution in [-0.4, -0.2) is 29.0 Å². The molecule has 3 rings (SSSR count). The van der Waals surface area contributed by atoms with Crippen molar-refractivity contribution < 1.29 is 4.79 Å². The summed E-state index contributed by atoms with van der Waals surface area (Å²) in [5, 5.41) is 3.48. The molecule has 1 aliphatic rings. The lowest BCUT2D eigenvalue weighted by Crippen LogP contribution is -2.26. The Labute approximate surface area is 147 Å². The smallest absolute Gasteiger partial charge is 0.274 e. The summed E-state index contributed by atoms with van der Waals surface area (Å²) in [4.78, 5) is 23.6. The second kappa shape index (κ2) is 7.62. The van der Waals surface area contributed by atoms with Gasteiger partial charge in [0.05, 0.1) is 0 Å². The molecule has 1 aromatic carbocycles. The van der Waals surface area contributed by atoms with Gasteiger partial charge in [0.15, 0.2) is 0 Å². The molecule has 0 bridgehead atoms. The van der Waals surface area contributed by atoms with Gasteiger partial charge in [0.2, 0.25) is 0 Å². The number of anilines is 2. The van der Waals surface area contributed by atoms with E-state index >= 15 is 0 Å². The molecule has 2 aromatic rings. The molecule has 5 nitrogen and oxygen atoms in total. The number of nitrogens with one attached hydrogen (secondary N) is 1. The summed E-state index contributed by atoms with van der Waals surface area (Å²) in [5.74, 6) is 1.21. The van der Waals surface area contributed by atoms with Crippen molar-refractivity contribution in [2.24, 2.45) is 0 Å². The van der Waals surface area contributed by atoms with Crippen LogP contribution in [0.15, 0.2) is 30.3 Å². The molecule has 0 atom stereocenters. The summed E-state index contributed by atoms with van der Waals surface area (Å²) in [5.41, 5.74) is 1.08. The highest BCUT2D eigenvalue weighted by molar-refractivity contribution is 6.30. The van der Waals surface area contributed by atoms with Crippen molar-refractivity contribution in [1.82, 2.24) is 9.97 Å². The fourth-order valence-electron chi connectivity index (χ4n) is 2.86. The zero-order valence-corrected chi connectivity index (χ0v) is 14.5. The molecular formula is C18H21ClN4O. The van der Waals surface area contributed by atoms with Crippen LogP contribution in [0, 0.1) is 6.92 Å². The van der Waals surface area contributed by atoms with Crippen molar-refractivity contribution in [2.45, 2.75) is 32.6 Å². The fraction of sp³-hybridized carbons (Fsp3) is 0.389. The largest absolute Gasteiger partial charge is 0.356 e. The average Bonchev–Trinajstić information content (AvgIpc) is 2.86. The number of carbonyl (C=O) groups excluding carboxylic acids is 1. The maximum Gasteiger partial charge on any atom is 0.274 e. The standard InChI is InChI=1S/C18H21ClN4O/c1-13-20-16(18(24)22-15-8-6-14(19)7-9-15)12-17(21-13)23-10-4-2-3-5-11-23/h6-9,12H,2-5,10-11H2,1H3,(H,22,24). The normalized spacial score (nSPS) is 15.0. The van der Waals surface area contributed by atoms with Crippen LogP contribution in [0.5, 0.6) is 0 Å². The summed E-state index contributed by atoms with van der Waals surface area (Å²) in [6, 6.07) is 8.80. The van der Waals surface area contributed by atoms with E-state index in [1.807, 2.05) is 6.92 Å². The number of aryl methyl sites for hydroxylation is 1. The number of nitrogens with zero attached hydrogens (tertiary/aromatic N) is 3. The Morgan fingerprint density at radius 1 is 1.08 bits per heavy atom. The minimum absolute atomic E-state index is 0.237. The third kappa shape index (κ3) is 4.23. The Kier molecular flexibility index (Phi) is 5.30. The van der Waals surface area contributed by atoms with Crippen LogP contribution in [0.4, 0.5) is 11.5 Å². The van der Waals surface area contributed by atoms with Gasteiger partial charge in [0.1, 0.15) is 17.3 Å². The number of hydrogen-bond acceptors (Lipinski definition) is 4. The van der Waals surface area contributed by atoms with Gasteiger partial charge in [-0.1, -0.05) is 24.4 Å². The van der Waals surface area contributed by atoms with Crippen molar-refractivity contribution >= 4 is 29.0 Å². The number of halogens is 1. The summed E-state index contributed by atoms with van der Waals surface area (Å²) in [6.45, 7) is 3.78. The number of aromatic nitrogens is 2. The van der Waals surface area contributed by atoms with Crippen LogP contribution >= 0.6 is 11.6 Å². The van der Waals surface area contributed by atoms with E-state index in [0.717, 1.165) is 31.7 Å². The van der Waals surface area contributed by atoms with E-state index in [-0.39, 0.29) is 5.91 Å². The topological polar surface area (TPSA) is 58.1 Å². The first-order valence-corrected chi connectivity index (χ1v) is 8.67. The first-order valence-electron chi connectivity index (χ1n) is 8.29. The van der Waals surface area contributed by atoms with E-state index in [9.17, 15) is 4.79 Å². The van der Waals surface area contributed by atoms with E-state index in [0.29, 0.717) is 22.2 Å². The molecule has 2 heterocycles. The lowest BCUT2D eigenvalue weighted by Gasteiger charge is -2.22. The second-order valence-electron chi connectivity index (χ2n) is 6.02. The first-order chi connectivity index (χ1) is 11.6. The molecule has 0 unspecified atom stereocenters.